The van der Waals surface area contributed by atoms with E-state index in [0.29, 0.717) is 10.9 Å². The number of hydrogen-bond donors (Lipinski definition) is 1. The normalized spacial score (nSPS) is 18.1. The van der Waals surface area contributed by atoms with E-state index < -0.39 is 6.17 Å². The molecule has 0 saturated heterocycles. The molecule has 2 heterocycles. The van der Waals surface area contributed by atoms with Crippen molar-refractivity contribution >= 4 is 28.5 Å². The summed E-state index contributed by atoms with van der Waals surface area (Å²) in [5.74, 6) is 1.48. The molecule has 0 fully saturated rings. The van der Waals surface area contributed by atoms with Gasteiger partial charge in [0.1, 0.15) is 11.4 Å². The Labute approximate surface area is 161 Å². The van der Waals surface area contributed by atoms with Gasteiger partial charge in [0.05, 0.1) is 12.5 Å². The highest BCUT2D eigenvalue weighted by Gasteiger charge is 2.34. The van der Waals surface area contributed by atoms with Crippen LogP contribution < -0.4 is 20.6 Å². The quantitative estimate of drug-likeness (QED) is 0.881. The number of fused-ring (bicyclic) bond motifs is 2. The van der Waals surface area contributed by atoms with Crippen LogP contribution in [0.3, 0.4) is 0 Å². The Balaban J connectivity index is 1.89. The molecule has 0 bridgehead atoms. The van der Waals surface area contributed by atoms with Crippen molar-refractivity contribution in [3.8, 4) is 5.75 Å². The Kier molecular flexibility index (Phi) is 4.85. The van der Waals surface area contributed by atoms with Crippen molar-refractivity contribution in [2.75, 3.05) is 12.9 Å². The van der Waals surface area contributed by atoms with E-state index in [2.05, 4.69) is 12.2 Å². The van der Waals surface area contributed by atoms with E-state index in [9.17, 15) is 4.79 Å². The monoisotopic (exact) mass is 380 g/mol. The number of amides is 1. The number of amidine groups is 1. The standard InChI is InChI=1S/C20H20N4O2S/c1-3-11-27-20-22-19(25)17-15-9-4-5-10-16(15)21-18(24(17)23-20)13-7-6-8-14(12-13)26-2/h4-10,12,18H,3,11H2,1-2H3,(H,22,23,25)/t18-/m0/s1. The van der Waals surface area contributed by atoms with Gasteiger partial charge in [-0.15, -0.1) is 5.10 Å². The summed E-state index contributed by atoms with van der Waals surface area (Å²) >= 11 is 1.54. The first-order valence-corrected chi connectivity index (χ1v) is 9.83. The van der Waals surface area contributed by atoms with Crippen molar-refractivity contribution in [1.82, 2.24) is 10.3 Å². The van der Waals surface area contributed by atoms with E-state index in [1.165, 1.54) is 11.8 Å². The molecule has 2 aliphatic rings. The smallest absolute Gasteiger partial charge is 0.276 e. The van der Waals surface area contributed by atoms with Gasteiger partial charge in [-0.2, -0.15) is 0 Å². The second kappa shape index (κ2) is 7.44. The minimum absolute atomic E-state index is 0.154. The molecule has 2 aromatic carbocycles. The Bertz CT molecular complexity index is 1030. The lowest BCUT2D eigenvalue weighted by atomic mass is 10.1. The maximum atomic E-state index is 12.9. The molecule has 4 rings (SSSR count). The first-order valence-electron chi connectivity index (χ1n) is 8.84. The van der Waals surface area contributed by atoms with Gasteiger partial charge in [0.25, 0.3) is 5.91 Å². The van der Waals surface area contributed by atoms with Crippen LogP contribution in [-0.2, 0) is 4.79 Å². The van der Waals surface area contributed by atoms with Crippen LogP contribution in [0, 0.1) is 0 Å². The van der Waals surface area contributed by atoms with Crippen LogP contribution in [0.25, 0.3) is 5.70 Å². The highest BCUT2D eigenvalue weighted by Crippen LogP contribution is 2.32. The second-order valence-electron chi connectivity index (χ2n) is 6.20. The molecule has 27 heavy (non-hydrogen) atoms. The summed E-state index contributed by atoms with van der Waals surface area (Å²) in [6, 6.07) is 15.4. The third-order valence-corrected chi connectivity index (χ3v) is 5.42. The summed E-state index contributed by atoms with van der Waals surface area (Å²) < 4.78 is 5.36. The molecule has 7 heteroatoms. The molecule has 2 aliphatic heterocycles. The lowest BCUT2D eigenvalue weighted by Crippen LogP contribution is -2.50. The fourth-order valence-corrected chi connectivity index (χ4v) is 3.82. The van der Waals surface area contributed by atoms with Crippen LogP contribution in [0.4, 0.5) is 0 Å². The fraction of sp³-hybridized carbons (Fsp3) is 0.250. The first-order chi connectivity index (χ1) is 13.2. The van der Waals surface area contributed by atoms with Crippen molar-refractivity contribution in [3.63, 3.8) is 0 Å². The maximum Gasteiger partial charge on any atom is 0.276 e. The van der Waals surface area contributed by atoms with Gasteiger partial charge in [-0.1, -0.05) is 49.0 Å². The molecule has 0 saturated carbocycles. The summed E-state index contributed by atoms with van der Waals surface area (Å²) in [7, 11) is 1.63. The molecule has 6 nitrogen and oxygen atoms in total. The van der Waals surface area contributed by atoms with Crippen LogP contribution in [0.1, 0.15) is 25.1 Å². The van der Waals surface area contributed by atoms with Gasteiger partial charge >= 0.3 is 0 Å². The Morgan fingerprint density at radius 3 is 2.89 bits per heavy atom. The van der Waals surface area contributed by atoms with E-state index in [1.54, 1.807) is 12.1 Å². The number of rotatable bonds is 4. The lowest BCUT2D eigenvalue weighted by Gasteiger charge is -2.34. The molecule has 0 spiro atoms. The van der Waals surface area contributed by atoms with Gasteiger partial charge in [0.15, 0.2) is 11.3 Å². The van der Waals surface area contributed by atoms with E-state index in [0.717, 1.165) is 34.1 Å². The van der Waals surface area contributed by atoms with Gasteiger partial charge < -0.3 is 4.74 Å². The summed E-state index contributed by atoms with van der Waals surface area (Å²) in [5.41, 5.74) is 1.44. The number of hydrazone groups is 1. The van der Waals surface area contributed by atoms with E-state index in [4.69, 9.17) is 14.8 Å². The number of hydrogen-bond acceptors (Lipinski definition) is 6. The number of methoxy groups -OCH3 is 1. The molecule has 1 atom stereocenters. The van der Waals surface area contributed by atoms with Crippen molar-refractivity contribution in [3.05, 3.63) is 64.7 Å². The van der Waals surface area contributed by atoms with E-state index >= 15 is 0 Å². The summed E-state index contributed by atoms with van der Waals surface area (Å²) in [6.45, 7) is 2.10. The summed E-state index contributed by atoms with van der Waals surface area (Å²) in [5, 5.41) is 11.5. The third kappa shape index (κ3) is 3.30. The zero-order valence-corrected chi connectivity index (χ0v) is 16.0. The molecule has 1 N–H and O–H groups in total. The number of benzene rings is 2. The van der Waals surface area contributed by atoms with Crippen molar-refractivity contribution in [2.24, 2.45) is 10.1 Å². The van der Waals surface area contributed by atoms with Gasteiger partial charge in [-0.25, -0.2) is 5.01 Å². The van der Waals surface area contributed by atoms with Crippen molar-refractivity contribution < 1.29 is 9.53 Å². The lowest BCUT2D eigenvalue weighted by molar-refractivity contribution is -0.116. The highest BCUT2D eigenvalue weighted by atomic mass is 32.2. The van der Waals surface area contributed by atoms with Crippen LogP contribution in [-0.4, -0.2) is 28.9 Å². The van der Waals surface area contributed by atoms with Crippen molar-refractivity contribution in [1.29, 1.82) is 0 Å². The molecule has 0 aromatic heterocycles. The minimum atomic E-state index is -0.423. The molecule has 0 unspecified atom stereocenters. The predicted octanol–water partition coefficient (Wildman–Crippen LogP) is 1.98. The highest BCUT2D eigenvalue weighted by molar-refractivity contribution is 8.13. The SMILES string of the molecule is CCCSC1=NN2C(=c3ccccc3=N[C@@H]2c2cccc(OC)c2)C(=O)N1. The van der Waals surface area contributed by atoms with Crippen LogP contribution in [0.5, 0.6) is 5.75 Å². The van der Waals surface area contributed by atoms with Crippen LogP contribution >= 0.6 is 11.8 Å². The molecule has 0 radical (unpaired) electrons. The van der Waals surface area contributed by atoms with Gasteiger partial charge in [-0.3, -0.25) is 15.1 Å². The van der Waals surface area contributed by atoms with Crippen LogP contribution in [0.15, 0.2) is 58.6 Å². The number of nitrogens with zero attached hydrogens (tertiary/aromatic N) is 3. The van der Waals surface area contributed by atoms with Gasteiger partial charge in [-0.05, 0) is 24.6 Å². The molecule has 138 valence electrons. The zero-order chi connectivity index (χ0) is 18.8. The fourth-order valence-electron chi connectivity index (χ4n) is 3.11. The molecule has 2 aromatic rings. The topological polar surface area (TPSA) is 66.3 Å². The number of para-hydroxylation sites is 1. The number of thioether (sulfide) groups is 1. The minimum Gasteiger partial charge on any atom is -0.497 e. The summed E-state index contributed by atoms with van der Waals surface area (Å²) in [6.07, 6.45) is 0.580. The number of carbonyl (C=O) groups excluding carboxylic acids is 1. The Morgan fingerprint density at radius 2 is 2.07 bits per heavy atom. The molecule has 1 amide bonds. The Morgan fingerprint density at radius 1 is 1.22 bits per heavy atom. The van der Waals surface area contributed by atoms with Crippen LogP contribution in [0.2, 0.25) is 0 Å². The zero-order valence-electron chi connectivity index (χ0n) is 15.2. The van der Waals surface area contributed by atoms with Gasteiger partial charge in [0.2, 0.25) is 0 Å². The Hall–Kier alpha value is -2.80. The summed E-state index contributed by atoms with van der Waals surface area (Å²) in [4.78, 5) is 17.8. The number of nitrogens with one attached hydrogen (secondary N) is 1. The average molecular weight is 380 g/mol. The predicted molar refractivity (Wildman–Crippen MR) is 107 cm³/mol. The van der Waals surface area contributed by atoms with Gasteiger partial charge in [0, 0.05) is 16.5 Å². The van der Waals surface area contributed by atoms with E-state index in [1.807, 2.05) is 48.5 Å². The maximum absolute atomic E-state index is 12.9. The first kappa shape index (κ1) is 17.6. The van der Waals surface area contributed by atoms with E-state index in [-0.39, 0.29) is 5.91 Å². The number of carbonyl (C=O) groups is 1. The molecular weight excluding hydrogens is 360 g/mol. The molecular formula is C20H20N4O2S. The average Bonchev–Trinajstić information content (AvgIpc) is 2.71. The molecule has 0 aliphatic carbocycles. The number of ether oxygens (including phenoxy) is 1. The third-order valence-electron chi connectivity index (χ3n) is 4.35. The van der Waals surface area contributed by atoms with Crippen molar-refractivity contribution in [2.45, 2.75) is 19.5 Å². The second-order valence-corrected chi connectivity index (χ2v) is 7.28. The largest absolute Gasteiger partial charge is 0.497 e.